The third kappa shape index (κ3) is 9.28. The number of likely N-dealkylation sites (tertiary alicyclic amines) is 1. The molecule has 2 aromatic heterocycles. The largest absolute Gasteiger partial charge is 0.383 e. The zero-order valence-corrected chi connectivity index (χ0v) is 25.7. The summed E-state index contributed by atoms with van der Waals surface area (Å²) in [6, 6.07) is 10.1. The van der Waals surface area contributed by atoms with Crippen LogP contribution in [0.2, 0.25) is 0 Å². The number of para-hydroxylation sites is 1. The van der Waals surface area contributed by atoms with Crippen LogP contribution >= 0.6 is 11.3 Å². The Balaban J connectivity index is 0.000000265. The summed E-state index contributed by atoms with van der Waals surface area (Å²) in [7, 11) is 4.24. The van der Waals surface area contributed by atoms with Crippen molar-refractivity contribution in [2.75, 3.05) is 38.2 Å². The molecule has 1 saturated heterocycles. The molecular formula is C30H46N6O2S. The summed E-state index contributed by atoms with van der Waals surface area (Å²) >= 11 is 1.80. The van der Waals surface area contributed by atoms with Crippen LogP contribution in [0.15, 0.2) is 36.5 Å². The smallest absolute Gasteiger partial charge is 0.313 e. The van der Waals surface area contributed by atoms with Crippen molar-refractivity contribution in [1.29, 1.82) is 0 Å². The molecule has 0 spiro atoms. The SMILES string of the molecule is CC.CCc1cc(NC(=O)C(=O)N2CCCC(C)C2)cnc1N.CN(C)C(C)(C)Cc1nc2ccccc2s1. The molecule has 1 aliphatic rings. The van der Waals surface area contributed by atoms with E-state index in [0.717, 1.165) is 36.8 Å². The van der Waals surface area contributed by atoms with E-state index in [2.05, 4.69) is 73.3 Å². The van der Waals surface area contributed by atoms with Gasteiger partial charge in [-0.15, -0.1) is 11.3 Å². The van der Waals surface area contributed by atoms with Gasteiger partial charge < -0.3 is 20.9 Å². The van der Waals surface area contributed by atoms with E-state index < -0.39 is 11.8 Å². The number of carbonyl (C=O) groups excluding carboxylic acids is 2. The van der Waals surface area contributed by atoms with E-state index in [-0.39, 0.29) is 5.54 Å². The van der Waals surface area contributed by atoms with Crippen molar-refractivity contribution in [1.82, 2.24) is 19.8 Å². The Bertz CT molecular complexity index is 1190. The monoisotopic (exact) mass is 554 g/mol. The number of piperidine rings is 1. The van der Waals surface area contributed by atoms with Crippen molar-refractivity contribution in [3.8, 4) is 0 Å². The van der Waals surface area contributed by atoms with Crippen LogP contribution in [0.5, 0.6) is 0 Å². The van der Waals surface area contributed by atoms with Crippen LogP contribution in [0.3, 0.4) is 0 Å². The van der Waals surface area contributed by atoms with Crippen molar-refractivity contribution >= 4 is 44.9 Å². The maximum absolute atomic E-state index is 12.1. The highest BCUT2D eigenvalue weighted by Crippen LogP contribution is 2.26. The van der Waals surface area contributed by atoms with Gasteiger partial charge in [0.2, 0.25) is 0 Å². The maximum Gasteiger partial charge on any atom is 0.313 e. The number of hydrogen-bond donors (Lipinski definition) is 2. The molecule has 214 valence electrons. The first kappa shape index (κ1) is 32.2. The minimum atomic E-state index is -0.613. The minimum Gasteiger partial charge on any atom is -0.383 e. The quantitative estimate of drug-likeness (QED) is 0.396. The molecule has 1 aromatic carbocycles. The lowest BCUT2D eigenvalue weighted by Crippen LogP contribution is -2.44. The standard InChI is InChI=1S/C15H22N4O2.C13H18N2S.C2H6/c1-3-11-7-12(8-17-13(11)16)18-14(20)15(21)19-6-4-5-10(2)9-19;1-13(2,15(3)4)9-12-14-10-7-5-6-8-11(10)16-12;1-2/h7-8,10H,3-6,9H2,1-2H3,(H2,16,17)(H,18,20);5-8H,9H2,1-4H3;1-2H3. The molecule has 0 aliphatic carbocycles. The Morgan fingerprint density at radius 3 is 2.54 bits per heavy atom. The number of nitrogens with two attached hydrogens (primary N) is 1. The summed E-state index contributed by atoms with van der Waals surface area (Å²) in [5, 5.41) is 3.83. The topological polar surface area (TPSA) is 104 Å². The molecule has 0 saturated carbocycles. The van der Waals surface area contributed by atoms with E-state index >= 15 is 0 Å². The number of anilines is 2. The van der Waals surface area contributed by atoms with E-state index in [0.29, 0.717) is 30.5 Å². The molecule has 0 radical (unpaired) electrons. The zero-order chi connectivity index (χ0) is 29.2. The zero-order valence-electron chi connectivity index (χ0n) is 24.9. The number of pyridine rings is 1. The number of carbonyl (C=O) groups is 2. The van der Waals surface area contributed by atoms with Crippen LogP contribution in [-0.4, -0.2) is 64.3 Å². The predicted octanol–water partition coefficient (Wildman–Crippen LogP) is 5.63. The van der Waals surface area contributed by atoms with E-state index in [9.17, 15) is 9.59 Å². The second-order valence-corrected chi connectivity index (χ2v) is 11.6. The molecule has 1 atom stereocenters. The fourth-order valence-electron chi connectivity index (χ4n) is 4.10. The Labute approximate surface area is 238 Å². The summed E-state index contributed by atoms with van der Waals surface area (Å²) in [5.41, 5.74) is 8.36. The first-order valence-corrected chi connectivity index (χ1v) is 14.7. The number of nitrogens with one attached hydrogen (secondary N) is 1. The summed E-state index contributed by atoms with van der Waals surface area (Å²) in [6.07, 6.45) is 5.24. The number of nitrogens with zero attached hydrogens (tertiary/aromatic N) is 4. The van der Waals surface area contributed by atoms with Crippen LogP contribution in [0, 0.1) is 5.92 Å². The van der Waals surface area contributed by atoms with Crippen molar-refractivity contribution in [2.24, 2.45) is 5.92 Å². The highest BCUT2D eigenvalue weighted by molar-refractivity contribution is 7.18. The maximum atomic E-state index is 12.1. The van der Waals surface area contributed by atoms with E-state index in [1.54, 1.807) is 22.3 Å². The Morgan fingerprint density at radius 1 is 1.23 bits per heavy atom. The van der Waals surface area contributed by atoms with E-state index in [4.69, 9.17) is 5.73 Å². The lowest BCUT2D eigenvalue weighted by Gasteiger charge is -2.31. The lowest BCUT2D eigenvalue weighted by molar-refractivity contribution is -0.144. The van der Waals surface area contributed by atoms with Gasteiger partial charge in [0, 0.05) is 25.0 Å². The summed E-state index contributed by atoms with van der Waals surface area (Å²) in [6.45, 7) is 13.8. The predicted molar refractivity (Wildman–Crippen MR) is 164 cm³/mol. The molecular weight excluding hydrogens is 508 g/mol. The van der Waals surface area contributed by atoms with Gasteiger partial charge in [-0.05, 0) is 76.9 Å². The molecule has 3 heterocycles. The van der Waals surface area contributed by atoms with E-state index in [1.165, 1.54) is 15.9 Å². The van der Waals surface area contributed by atoms with Gasteiger partial charge in [0.1, 0.15) is 5.82 Å². The second-order valence-electron chi connectivity index (χ2n) is 10.5. The Kier molecular flexibility index (Phi) is 12.3. The first-order chi connectivity index (χ1) is 18.5. The second kappa shape index (κ2) is 14.9. The van der Waals surface area contributed by atoms with Crippen LogP contribution < -0.4 is 11.1 Å². The third-order valence-electron chi connectivity index (χ3n) is 6.91. The number of aromatic nitrogens is 2. The molecule has 0 bridgehead atoms. The molecule has 9 heteroatoms. The Hall–Kier alpha value is -3.04. The van der Waals surface area contributed by atoms with Crippen molar-refractivity contribution in [2.45, 2.75) is 72.8 Å². The number of benzene rings is 1. The fourth-order valence-corrected chi connectivity index (χ4v) is 5.29. The van der Waals surface area contributed by atoms with Gasteiger partial charge >= 0.3 is 11.8 Å². The highest BCUT2D eigenvalue weighted by Gasteiger charge is 2.26. The van der Waals surface area contributed by atoms with Crippen LogP contribution in [0.4, 0.5) is 11.5 Å². The number of nitrogen functional groups attached to an aromatic ring is 1. The first-order valence-electron chi connectivity index (χ1n) is 13.9. The average molecular weight is 555 g/mol. The lowest BCUT2D eigenvalue weighted by atomic mass is 10.00. The van der Waals surface area contributed by atoms with Gasteiger partial charge in [0.05, 0.1) is 27.1 Å². The van der Waals surface area contributed by atoms with Gasteiger partial charge in [-0.1, -0.05) is 39.8 Å². The molecule has 3 aromatic rings. The molecule has 8 nitrogen and oxygen atoms in total. The molecule has 3 N–H and O–H groups in total. The number of aryl methyl sites for hydroxylation is 1. The van der Waals surface area contributed by atoms with Gasteiger partial charge in [0.15, 0.2) is 0 Å². The summed E-state index contributed by atoms with van der Waals surface area (Å²) in [4.78, 5) is 36.7. The van der Waals surface area contributed by atoms with Gasteiger partial charge in [-0.25, -0.2) is 9.97 Å². The van der Waals surface area contributed by atoms with Crippen LogP contribution in [0.25, 0.3) is 10.2 Å². The minimum absolute atomic E-state index is 0.161. The average Bonchev–Trinajstić information content (AvgIpc) is 3.32. The van der Waals surface area contributed by atoms with Gasteiger partial charge in [0.25, 0.3) is 0 Å². The van der Waals surface area contributed by atoms with Crippen molar-refractivity contribution in [3.63, 3.8) is 0 Å². The molecule has 1 unspecified atom stereocenters. The molecule has 1 aliphatic heterocycles. The summed E-state index contributed by atoms with van der Waals surface area (Å²) < 4.78 is 1.28. The number of likely N-dealkylation sites (N-methyl/N-ethyl adjacent to an activating group) is 1. The number of fused-ring (bicyclic) bond motifs is 1. The molecule has 2 amide bonds. The molecule has 4 rings (SSSR count). The van der Waals surface area contributed by atoms with Crippen LogP contribution in [0.1, 0.15) is 65.0 Å². The normalized spacial score (nSPS) is 15.2. The highest BCUT2D eigenvalue weighted by atomic mass is 32.1. The fraction of sp³-hybridized carbons (Fsp3) is 0.533. The van der Waals surface area contributed by atoms with Crippen molar-refractivity contribution in [3.05, 3.63) is 47.1 Å². The number of amides is 2. The molecule has 1 fully saturated rings. The van der Waals surface area contributed by atoms with E-state index in [1.807, 2.05) is 26.8 Å². The molecule has 39 heavy (non-hydrogen) atoms. The third-order valence-corrected chi connectivity index (χ3v) is 7.95. The van der Waals surface area contributed by atoms with Crippen molar-refractivity contribution < 1.29 is 9.59 Å². The summed E-state index contributed by atoms with van der Waals surface area (Å²) in [5.74, 6) is -0.193. The Morgan fingerprint density at radius 2 is 1.92 bits per heavy atom. The number of hydrogen-bond acceptors (Lipinski definition) is 7. The van der Waals surface area contributed by atoms with Gasteiger partial charge in [-0.2, -0.15) is 0 Å². The number of thiazole rings is 1. The number of rotatable bonds is 5. The van der Waals surface area contributed by atoms with Gasteiger partial charge in [-0.3, -0.25) is 9.59 Å². The van der Waals surface area contributed by atoms with Crippen LogP contribution in [-0.2, 0) is 22.4 Å².